The molecule has 8 rings (SSSR count). The summed E-state index contributed by atoms with van der Waals surface area (Å²) in [4.78, 5) is 9.53. The van der Waals surface area contributed by atoms with E-state index in [1.54, 1.807) is 0 Å². The van der Waals surface area contributed by atoms with Crippen molar-refractivity contribution in [2.45, 2.75) is 40.3 Å². The number of rotatable bonds is 1. The molecule has 2 aromatic rings. The molecule has 2 aromatic carbocycles. The lowest BCUT2D eigenvalue weighted by Crippen LogP contribution is -2.69. The zero-order valence-electron chi connectivity index (χ0n) is 17.9. The predicted octanol–water partition coefficient (Wildman–Crippen LogP) is 4.52. The van der Waals surface area contributed by atoms with E-state index < -0.39 is 20.6 Å². The van der Waals surface area contributed by atoms with E-state index in [9.17, 15) is 4.39 Å². The number of alkyl halides is 1. The summed E-state index contributed by atoms with van der Waals surface area (Å²) >= 11 is 0. The second-order valence-corrected chi connectivity index (χ2v) is 14.4. The molecular weight excluding hydrogens is 428 g/mol. The van der Waals surface area contributed by atoms with Crippen LogP contribution in [0.4, 0.5) is 8.78 Å². The molecule has 1 atom stereocenters. The van der Waals surface area contributed by atoms with Gasteiger partial charge in [0.25, 0.3) is 6.02 Å². The maximum atomic E-state index is 16.1. The Morgan fingerprint density at radius 2 is 1.72 bits per heavy atom. The Balaban J connectivity index is 1.35. The molecule has 2 bridgehead atoms. The number of aliphatic imine (C=N–C) groups is 1. The summed E-state index contributed by atoms with van der Waals surface area (Å²) in [6.07, 6.45) is 1.90. The van der Waals surface area contributed by atoms with E-state index in [1.807, 2.05) is 12.1 Å². The van der Waals surface area contributed by atoms with Gasteiger partial charge in [0.2, 0.25) is 0 Å². The number of amidine groups is 1. The Hall–Kier alpha value is -2.38. The number of ether oxygens (including phenoxy) is 1. The molecule has 6 aliphatic heterocycles. The SMILES string of the molecule is Fc1ccc([SH]23(C=C2)c2ccccc2CCN3C2=NC[C@]3(CN4CCC3(F)CC4)O2)cc1. The number of thiol groups is 1. The van der Waals surface area contributed by atoms with Gasteiger partial charge in [0.15, 0.2) is 11.3 Å². The van der Waals surface area contributed by atoms with Gasteiger partial charge in [-0.2, -0.15) is 9.35 Å². The van der Waals surface area contributed by atoms with Crippen LogP contribution in [0.2, 0.25) is 0 Å². The van der Waals surface area contributed by atoms with Crippen LogP contribution < -0.4 is 0 Å². The molecule has 32 heavy (non-hydrogen) atoms. The molecule has 0 aliphatic carbocycles. The molecule has 0 aromatic heterocycles. The first kappa shape index (κ1) is 19.1. The van der Waals surface area contributed by atoms with Crippen molar-refractivity contribution in [1.82, 2.24) is 9.21 Å². The summed E-state index contributed by atoms with van der Waals surface area (Å²) in [5, 5.41) is 4.57. The molecule has 0 saturated carbocycles. The fourth-order valence-corrected chi connectivity index (χ4v) is 12.1. The molecule has 3 fully saturated rings. The minimum atomic E-state index is -3.01. The van der Waals surface area contributed by atoms with Crippen molar-refractivity contribution < 1.29 is 13.5 Å². The summed E-state index contributed by atoms with van der Waals surface area (Å²) in [5.41, 5.74) is -0.897. The Labute approximate surface area is 187 Å². The van der Waals surface area contributed by atoms with Crippen LogP contribution in [0.5, 0.6) is 0 Å². The number of halogens is 2. The molecule has 6 heterocycles. The van der Waals surface area contributed by atoms with E-state index in [0.29, 0.717) is 32.0 Å². The molecule has 4 nitrogen and oxygen atoms in total. The van der Waals surface area contributed by atoms with Crippen molar-refractivity contribution in [1.29, 1.82) is 0 Å². The highest BCUT2D eigenvalue weighted by Gasteiger charge is 2.65. The highest BCUT2D eigenvalue weighted by molar-refractivity contribution is 8.57. The number of hydrogen-bond donors (Lipinski definition) is 1. The number of hydrogen-bond acceptors (Lipinski definition) is 4. The monoisotopic (exact) mass is 455 g/mol. The Morgan fingerprint density at radius 3 is 2.44 bits per heavy atom. The predicted molar refractivity (Wildman–Crippen MR) is 124 cm³/mol. The van der Waals surface area contributed by atoms with Gasteiger partial charge in [0.05, 0.1) is 6.54 Å². The minimum Gasteiger partial charge on any atom is -0.451 e. The Kier molecular flexibility index (Phi) is 3.55. The van der Waals surface area contributed by atoms with E-state index in [1.165, 1.54) is 22.6 Å². The highest BCUT2D eigenvalue weighted by Crippen LogP contribution is 2.95. The minimum absolute atomic E-state index is 0.246. The zero-order chi connectivity index (χ0) is 21.6. The maximum Gasteiger partial charge on any atom is 0.296 e. The molecule has 0 N–H and O–H groups in total. The molecule has 7 heteroatoms. The van der Waals surface area contributed by atoms with Crippen molar-refractivity contribution in [2.24, 2.45) is 4.99 Å². The van der Waals surface area contributed by atoms with Crippen LogP contribution in [-0.4, -0.2) is 59.2 Å². The highest BCUT2D eigenvalue weighted by atomic mass is 32.3. The molecule has 0 amide bonds. The third-order valence-electron chi connectivity index (χ3n) is 8.48. The van der Waals surface area contributed by atoms with E-state index in [2.05, 4.69) is 44.3 Å². The second-order valence-electron chi connectivity index (χ2n) is 9.92. The van der Waals surface area contributed by atoms with Crippen LogP contribution in [0.25, 0.3) is 0 Å². The maximum absolute atomic E-state index is 16.1. The van der Waals surface area contributed by atoms with Gasteiger partial charge in [0, 0.05) is 31.1 Å². The first-order chi connectivity index (χ1) is 15.5. The van der Waals surface area contributed by atoms with Crippen LogP contribution in [0.15, 0.2) is 74.1 Å². The van der Waals surface area contributed by atoms with E-state index >= 15 is 4.39 Å². The van der Waals surface area contributed by atoms with Crippen molar-refractivity contribution >= 4 is 15.4 Å². The van der Waals surface area contributed by atoms with Crippen molar-refractivity contribution in [3.8, 4) is 0 Å². The first-order valence-corrected chi connectivity index (χ1v) is 13.8. The van der Waals surface area contributed by atoms with Crippen LogP contribution in [0.1, 0.15) is 18.4 Å². The number of benzene rings is 2. The molecule has 3 saturated heterocycles. The van der Waals surface area contributed by atoms with E-state index in [4.69, 9.17) is 9.73 Å². The Morgan fingerprint density at radius 1 is 0.969 bits per heavy atom. The van der Waals surface area contributed by atoms with Crippen molar-refractivity contribution in [2.75, 3.05) is 32.7 Å². The molecule has 168 valence electrons. The summed E-state index contributed by atoms with van der Waals surface area (Å²) in [6, 6.07) is 16.0. The van der Waals surface area contributed by atoms with Gasteiger partial charge in [0.1, 0.15) is 5.82 Å². The van der Waals surface area contributed by atoms with Gasteiger partial charge in [-0.15, -0.1) is 0 Å². The average molecular weight is 456 g/mol. The normalized spacial score (nSPS) is 36.3. The standard InChI is InChI=1S/C25H27F2N3OS/c26-20-5-7-21(8-6-20)32(15-16-32)22-4-2-1-3-19(22)9-12-30(32)23-28-17-25(31-23)18-29-13-10-24(25,27)11-14-29/h1-8,15-16,32H,9-14,17-18H2/t25-/m1/s1. The number of nitrogens with zero attached hydrogens (tertiary/aromatic N) is 3. The lowest BCUT2D eigenvalue weighted by atomic mass is 9.72. The van der Waals surface area contributed by atoms with Gasteiger partial charge in [-0.3, -0.25) is 9.21 Å². The quantitative estimate of drug-likeness (QED) is 0.641. The summed E-state index contributed by atoms with van der Waals surface area (Å²) in [5.74, 6) is -0.246. The van der Waals surface area contributed by atoms with Crippen LogP contribution >= 0.6 is 9.35 Å². The zero-order valence-corrected chi connectivity index (χ0v) is 18.8. The molecular formula is C25H27F2N3OS. The van der Waals surface area contributed by atoms with Crippen LogP contribution in [0.3, 0.4) is 0 Å². The lowest BCUT2D eigenvalue weighted by Gasteiger charge is -2.60. The summed E-state index contributed by atoms with van der Waals surface area (Å²) in [7, 11) is -3.01. The average Bonchev–Trinajstić information content (AvgIpc) is 3.43. The lowest BCUT2D eigenvalue weighted by molar-refractivity contribution is -0.163. The largest absolute Gasteiger partial charge is 0.451 e. The smallest absolute Gasteiger partial charge is 0.296 e. The number of fused-ring (bicyclic) bond motifs is 4. The van der Waals surface area contributed by atoms with Gasteiger partial charge in [-0.25, -0.2) is 13.8 Å². The molecule has 2 spiro atoms. The van der Waals surface area contributed by atoms with E-state index in [0.717, 1.165) is 31.0 Å². The fraction of sp³-hybridized carbons (Fsp3) is 0.400. The first-order valence-electron chi connectivity index (χ1n) is 11.5. The van der Waals surface area contributed by atoms with Crippen molar-refractivity contribution in [3.63, 3.8) is 0 Å². The third kappa shape index (κ3) is 2.14. The van der Waals surface area contributed by atoms with Crippen molar-refractivity contribution in [3.05, 3.63) is 70.7 Å². The van der Waals surface area contributed by atoms with Gasteiger partial charge < -0.3 is 4.74 Å². The van der Waals surface area contributed by atoms with Gasteiger partial charge in [-0.1, -0.05) is 18.2 Å². The second kappa shape index (κ2) is 5.94. The Bertz CT molecular complexity index is 1180. The molecule has 0 unspecified atom stereocenters. The van der Waals surface area contributed by atoms with Gasteiger partial charge in [-0.05, 0) is 70.9 Å². The number of piperidine rings is 3. The summed E-state index contributed by atoms with van der Waals surface area (Å²) in [6.45, 7) is 3.30. The fourth-order valence-electron chi connectivity index (χ4n) is 6.56. The third-order valence-corrected chi connectivity index (χ3v) is 13.9. The molecule has 6 aliphatic rings. The van der Waals surface area contributed by atoms with Crippen LogP contribution in [-0.2, 0) is 11.2 Å². The molecule has 0 radical (unpaired) electrons. The van der Waals surface area contributed by atoms with Crippen LogP contribution in [0, 0.1) is 5.82 Å². The van der Waals surface area contributed by atoms with Gasteiger partial charge >= 0.3 is 0 Å². The van der Waals surface area contributed by atoms with E-state index in [-0.39, 0.29) is 5.82 Å². The summed E-state index contributed by atoms with van der Waals surface area (Å²) < 4.78 is 38.9. The topological polar surface area (TPSA) is 28.1 Å².